The van der Waals surface area contributed by atoms with Crippen LogP contribution in [0.1, 0.15) is 41.7 Å². The number of H-pyrrole nitrogens is 1. The van der Waals surface area contributed by atoms with Crippen LogP contribution in [0.5, 0.6) is 5.75 Å². The first kappa shape index (κ1) is 16.2. The normalized spacial score (nSPS) is 17.7. The summed E-state index contributed by atoms with van der Waals surface area (Å²) in [6.07, 6.45) is 7.34. The lowest BCUT2D eigenvalue weighted by atomic mass is 9.95. The summed E-state index contributed by atoms with van der Waals surface area (Å²) in [6.45, 7) is 0.722. The number of aromatic hydroxyl groups is 1. The van der Waals surface area contributed by atoms with Gasteiger partial charge in [-0.05, 0) is 49.8 Å². The summed E-state index contributed by atoms with van der Waals surface area (Å²) >= 11 is 0. The van der Waals surface area contributed by atoms with Gasteiger partial charge in [-0.25, -0.2) is 4.98 Å². The van der Waals surface area contributed by atoms with E-state index in [1.807, 2.05) is 17.0 Å². The van der Waals surface area contributed by atoms with Crippen LogP contribution < -0.4 is 5.56 Å². The number of aromatic amines is 1. The Bertz CT molecular complexity index is 734. The molecular formula is C18H21N3O3. The fourth-order valence-electron chi connectivity index (χ4n) is 3.17. The number of phenolic OH excluding ortho intramolecular Hbond substituents is 1. The lowest BCUT2D eigenvalue weighted by molar-refractivity contribution is 0.0595. The monoisotopic (exact) mass is 327 g/mol. The van der Waals surface area contributed by atoms with Crippen molar-refractivity contribution in [2.24, 2.45) is 0 Å². The first-order valence-electron chi connectivity index (χ1n) is 8.27. The van der Waals surface area contributed by atoms with Crippen LogP contribution in [0.3, 0.4) is 0 Å². The summed E-state index contributed by atoms with van der Waals surface area (Å²) in [5.74, 6) is 0.138. The van der Waals surface area contributed by atoms with Gasteiger partial charge in [-0.1, -0.05) is 12.1 Å². The van der Waals surface area contributed by atoms with Gasteiger partial charge in [-0.2, -0.15) is 0 Å². The maximum atomic E-state index is 12.7. The van der Waals surface area contributed by atoms with Crippen LogP contribution in [0.25, 0.3) is 0 Å². The Hall–Kier alpha value is -2.63. The number of carbonyl (C=O) groups is 1. The van der Waals surface area contributed by atoms with E-state index in [9.17, 15) is 14.7 Å². The van der Waals surface area contributed by atoms with E-state index >= 15 is 0 Å². The van der Waals surface area contributed by atoms with Gasteiger partial charge in [-0.15, -0.1) is 0 Å². The molecule has 6 heteroatoms. The van der Waals surface area contributed by atoms with Gasteiger partial charge in [0.15, 0.2) is 0 Å². The number of rotatable bonds is 4. The number of carbonyl (C=O) groups excluding carboxylic acids is 1. The average Bonchev–Trinajstić information content (AvgIpc) is 2.61. The number of aromatic nitrogens is 2. The average molecular weight is 327 g/mol. The summed E-state index contributed by atoms with van der Waals surface area (Å²) in [5, 5.41) is 9.35. The van der Waals surface area contributed by atoms with Crippen molar-refractivity contribution >= 4 is 5.91 Å². The third-order valence-electron chi connectivity index (χ3n) is 4.48. The van der Waals surface area contributed by atoms with Crippen LogP contribution in [0.15, 0.2) is 41.5 Å². The highest BCUT2D eigenvalue weighted by Crippen LogP contribution is 2.23. The largest absolute Gasteiger partial charge is 0.508 e. The molecule has 3 rings (SSSR count). The van der Waals surface area contributed by atoms with Crippen molar-refractivity contribution in [2.45, 2.75) is 38.1 Å². The third kappa shape index (κ3) is 3.82. The number of nitrogens with one attached hydrogen (secondary N) is 1. The zero-order chi connectivity index (χ0) is 16.9. The predicted molar refractivity (Wildman–Crippen MR) is 90.0 cm³/mol. The summed E-state index contributed by atoms with van der Waals surface area (Å²) in [4.78, 5) is 32.1. The van der Waals surface area contributed by atoms with Crippen LogP contribution in [0.4, 0.5) is 0 Å². The van der Waals surface area contributed by atoms with Crippen molar-refractivity contribution in [1.82, 2.24) is 14.9 Å². The van der Waals surface area contributed by atoms with Crippen molar-refractivity contribution in [1.29, 1.82) is 0 Å². The Morgan fingerprint density at radius 1 is 1.29 bits per heavy atom. The second-order valence-corrected chi connectivity index (χ2v) is 6.15. The highest BCUT2D eigenvalue weighted by Gasteiger charge is 2.28. The molecule has 0 aliphatic carbocycles. The van der Waals surface area contributed by atoms with Crippen LogP contribution in [-0.4, -0.2) is 38.5 Å². The topological polar surface area (TPSA) is 86.3 Å². The zero-order valence-corrected chi connectivity index (χ0v) is 13.4. The molecule has 1 amide bonds. The predicted octanol–water partition coefficient (Wildman–Crippen LogP) is 2.10. The molecule has 1 aromatic carbocycles. The van der Waals surface area contributed by atoms with Gasteiger partial charge in [-0.3, -0.25) is 9.59 Å². The minimum atomic E-state index is -0.311. The summed E-state index contributed by atoms with van der Waals surface area (Å²) in [6, 6.07) is 7.36. The summed E-state index contributed by atoms with van der Waals surface area (Å²) in [7, 11) is 0. The van der Waals surface area contributed by atoms with Gasteiger partial charge in [0.25, 0.3) is 11.5 Å². The van der Waals surface area contributed by atoms with E-state index < -0.39 is 0 Å². The molecule has 1 aliphatic rings. The SMILES string of the molecule is O=C(c1c[nH]c(=O)cn1)N1CCCC[C@@H]1CCc1ccc(O)cc1. The number of nitrogens with zero attached hydrogens (tertiary/aromatic N) is 2. The fourth-order valence-corrected chi connectivity index (χ4v) is 3.17. The van der Waals surface area contributed by atoms with Crippen LogP contribution >= 0.6 is 0 Å². The van der Waals surface area contributed by atoms with Gasteiger partial charge in [0.05, 0.1) is 6.20 Å². The standard InChI is InChI=1S/C18H21N3O3/c22-15-8-5-13(6-9-15)4-7-14-3-1-2-10-21(14)18(24)16-11-20-17(23)12-19-16/h5-6,8-9,11-12,14,22H,1-4,7,10H2,(H,20,23)/t14-/m1/s1. The summed E-state index contributed by atoms with van der Waals surface area (Å²) in [5.41, 5.74) is 1.12. The van der Waals surface area contributed by atoms with E-state index in [-0.39, 0.29) is 29.0 Å². The number of amides is 1. The van der Waals surface area contributed by atoms with E-state index in [2.05, 4.69) is 9.97 Å². The first-order valence-corrected chi connectivity index (χ1v) is 8.27. The Balaban J connectivity index is 1.68. The number of piperidine rings is 1. The molecule has 1 atom stereocenters. The minimum absolute atomic E-state index is 0.123. The molecule has 6 nitrogen and oxygen atoms in total. The van der Waals surface area contributed by atoms with Crippen LogP contribution in [0.2, 0.25) is 0 Å². The lowest BCUT2D eigenvalue weighted by Crippen LogP contribution is -2.44. The summed E-state index contributed by atoms with van der Waals surface area (Å²) < 4.78 is 0. The number of hydrogen-bond donors (Lipinski definition) is 2. The Kier molecular flexibility index (Phi) is 4.93. The molecule has 24 heavy (non-hydrogen) atoms. The Morgan fingerprint density at radius 3 is 2.79 bits per heavy atom. The molecule has 1 aromatic heterocycles. The quantitative estimate of drug-likeness (QED) is 0.900. The molecule has 1 fully saturated rings. The van der Waals surface area contributed by atoms with Gasteiger partial charge >= 0.3 is 0 Å². The lowest BCUT2D eigenvalue weighted by Gasteiger charge is -2.35. The van der Waals surface area contributed by atoms with Crippen LogP contribution in [-0.2, 0) is 6.42 Å². The molecule has 0 bridgehead atoms. The Morgan fingerprint density at radius 2 is 2.08 bits per heavy atom. The smallest absolute Gasteiger partial charge is 0.274 e. The van der Waals surface area contributed by atoms with Crippen molar-refractivity contribution in [3.8, 4) is 5.75 Å². The van der Waals surface area contributed by atoms with Gasteiger partial charge in [0.1, 0.15) is 11.4 Å². The van der Waals surface area contributed by atoms with Crippen molar-refractivity contribution in [2.75, 3.05) is 6.54 Å². The zero-order valence-electron chi connectivity index (χ0n) is 13.4. The molecular weight excluding hydrogens is 306 g/mol. The second-order valence-electron chi connectivity index (χ2n) is 6.15. The fraction of sp³-hybridized carbons (Fsp3) is 0.389. The van der Waals surface area contributed by atoms with E-state index in [0.29, 0.717) is 0 Å². The first-order chi connectivity index (χ1) is 11.6. The molecule has 1 saturated heterocycles. The highest BCUT2D eigenvalue weighted by atomic mass is 16.3. The maximum Gasteiger partial charge on any atom is 0.274 e. The molecule has 0 unspecified atom stereocenters. The van der Waals surface area contributed by atoms with E-state index in [1.165, 1.54) is 6.20 Å². The van der Waals surface area contributed by atoms with Crippen molar-refractivity contribution < 1.29 is 9.90 Å². The van der Waals surface area contributed by atoms with Gasteiger partial charge < -0.3 is 15.0 Å². The number of hydrogen-bond acceptors (Lipinski definition) is 4. The van der Waals surface area contributed by atoms with Crippen LogP contribution in [0, 0.1) is 0 Å². The third-order valence-corrected chi connectivity index (χ3v) is 4.48. The number of benzene rings is 1. The second kappa shape index (κ2) is 7.29. The maximum absolute atomic E-state index is 12.7. The molecule has 1 aliphatic heterocycles. The highest BCUT2D eigenvalue weighted by molar-refractivity contribution is 5.92. The number of aryl methyl sites for hydroxylation is 1. The van der Waals surface area contributed by atoms with Crippen molar-refractivity contribution in [3.63, 3.8) is 0 Å². The molecule has 126 valence electrons. The van der Waals surface area contributed by atoms with Crippen molar-refractivity contribution in [3.05, 3.63) is 58.3 Å². The van der Waals surface area contributed by atoms with Gasteiger partial charge in [0, 0.05) is 18.8 Å². The molecule has 2 aromatic rings. The molecule has 2 N–H and O–H groups in total. The molecule has 2 heterocycles. The molecule has 0 spiro atoms. The number of phenols is 1. The Labute approximate surface area is 140 Å². The number of likely N-dealkylation sites (tertiary alicyclic amines) is 1. The van der Waals surface area contributed by atoms with E-state index in [1.54, 1.807) is 12.1 Å². The minimum Gasteiger partial charge on any atom is -0.508 e. The van der Waals surface area contributed by atoms with E-state index in [0.717, 1.165) is 50.4 Å². The van der Waals surface area contributed by atoms with Gasteiger partial charge in [0.2, 0.25) is 0 Å². The molecule has 0 radical (unpaired) electrons. The molecule has 0 saturated carbocycles. The van der Waals surface area contributed by atoms with E-state index in [4.69, 9.17) is 0 Å².